The van der Waals surface area contributed by atoms with E-state index in [2.05, 4.69) is 9.88 Å². The molecule has 0 radical (unpaired) electrons. The summed E-state index contributed by atoms with van der Waals surface area (Å²) in [6, 6.07) is 4.94. The van der Waals surface area contributed by atoms with Crippen LogP contribution in [0.15, 0.2) is 18.2 Å². The summed E-state index contributed by atoms with van der Waals surface area (Å²) in [5, 5.41) is 0. The molecule has 0 spiro atoms. The van der Waals surface area contributed by atoms with Gasteiger partial charge in [-0.15, -0.1) is 0 Å². The third kappa shape index (κ3) is 3.08. The van der Waals surface area contributed by atoms with E-state index in [1.54, 1.807) is 12.1 Å². The number of amides is 1. The van der Waals surface area contributed by atoms with Gasteiger partial charge in [-0.25, -0.2) is 4.98 Å². The van der Waals surface area contributed by atoms with Crippen LogP contribution in [-0.4, -0.2) is 41.5 Å². The predicted molar refractivity (Wildman–Crippen MR) is 77.0 cm³/mol. The smallest absolute Gasteiger partial charge is 0.228 e. The van der Waals surface area contributed by atoms with E-state index in [-0.39, 0.29) is 17.4 Å². The van der Waals surface area contributed by atoms with Gasteiger partial charge in [-0.05, 0) is 19.1 Å². The summed E-state index contributed by atoms with van der Waals surface area (Å²) >= 11 is 0. The van der Waals surface area contributed by atoms with Crippen molar-refractivity contribution in [2.24, 2.45) is 5.41 Å². The molecule has 1 fully saturated rings. The number of hydrogen-bond donors (Lipinski definition) is 0. The van der Waals surface area contributed by atoms with Crippen LogP contribution in [0.2, 0.25) is 0 Å². The number of halogens is 1. The summed E-state index contributed by atoms with van der Waals surface area (Å²) in [7, 11) is 0. The number of nitrogens with zero attached hydrogens (tertiary/aromatic N) is 3. The molecule has 20 heavy (non-hydrogen) atoms. The van der Waals surface area contributed by atoms with Gasteiger partial charge >= 0.3 is 0 Å². The Morgan fingerprint density at radius 1 is 1.35 bits per heavy atom. The molecule has 1 aliphatic heterocycles. The summed E-state index contributed by atoms with van der Waals surface area (Å²) in [5.74, 6) is 0.333. The highest BCUT2D eigenvalue weighted by Crippen LogP contribution is 2.23. The van der Waals surface area contributed by atoms with Crippen molar-refractivity contribution in [3.8, 4) is 0 Å². The molecule has 1 aromatic heterocycles. The van der Waals surface area contributed by atoms with Crippen LogP contribution in [0.4, 0.5) is 10.2 Å². The molecule has 1 atom stereocenters. The Hall–Kier alpha value is -1.65. The van der Waals surface area contributed by atoms with Crippen molar-refractivity contribution in [1.82, 2.24) is 9.88 Å². The molecule has 0 aromatic carbocycles. The first-order valence-electron chi connectivity index (χ1n) is 6.97. The van der Waals surface area contributed by atoms with Gasteiger partial charge in [-0.3, -0.25) is 4.79 Å². The predicted octanol–water partition coefficient (Wildman–Crippen LogP) is 2.30. The van der Waals surface area contributed by atoms with Gasteiger partial charge in [0, 0.05) is 31.1 Å². The molecule has 0 bridgehead atoms. The lowest BCUT2D eigenvalue weighted by Crippen LogP contribution is -2.56. The van der Waals surface area contributed by atoms with Crippen LogP contribution in [0, 0.1) is 11.4 Å². The molecule has 0 aliphatic carbocycles. The minimum absolute atomic E-state index is 0.129. The van der Waals surface area contributed by atoms with Crippen LogP contribution in [0.3, 0.4) is 0 Å². The second kappa shape index (κ2) is 5.38. The number of rotatable bonds is 1. The number of pyridine rings is 1. The molecule has 1 aromatic rings. The van der Waals surface area contributed by atoms with Gasteiger partial charge in [-0.2, -0.15) is 4.39 Å². The molecular weight excluding hydrogens is 257 g/mol. The highest BCUT2D eigenvalue weighted by molar-refractivity contribution is 5.81. The summed E-state index contributed by atoms with van der Waals surface area (Å²) in [6.45, 7) is 9.81. The monoisotopic (exact) mass is 279 g/mol. The SMILES string of the molecule is CC1CN(C(=O)C(C)(C)C)CCN1c1cccc(F)n1. The number of piperazine rings is 1. The Labute approximate surface area is 119 Å². The maximum absolute atomic E-state index is 13.2. The van der Waals surface area contributed by atoms with Crippen molar-refractivity contribution >= 4 is 11.7 Å². The molecule has 1 aliphatic rings. The van der Waals surface area contributed by atoms with Crippen LogP contribution in [0.1, 0.15) is 27.7 Å². The van der Waals surface area contributed by atoms with Gasteiger partial charge in [0.15, 0.2) is 0 Å². The van der Waals surface area contributed by atoms with E-state index in [4.69, 9.17) is 0 Å². The van der Waals surface area contributed by atoms with Gasteiger partial charge in [0.25, 0.3) is 0 Å². The van der Waals surface area contributed by atoms with Crippen LogP contribution in [0.25, 0.3) is 0 Å². The van der Waals surface area contributed by atoms with E-state index in [0.717, 1.165) is 0 Å². The Bertz CT molecular complexity index is 498. The van der Waals surface area contributed by atoms with Crippen molar-refractivity contribution in [3.05, 3.63) is 24.1 Å². The Morgan fingerprint density at radius 3 is 2.60 bits per heavy atom. The summed E-state index contributed by atoms with van der Waals surface area (Å²) in [6.07, 6.45) is 0. The number of aromatic nitrogens is 1. The van der Waals surface area contributed by atoms with Crippen LogP contribution in [-0.2, 0) is 4.79 Å². The average molecular weight is 279 g/mol. The number of carbonyl (C=O) groups excluding carboxylic acids is 1. The van der Waals surface area contributed by atoms with Gasteiger partial charge in [-0.1, -0.05) is 26.8 Å². The van der Waals surface area contributed by atoms with E-state index in [0.29, 0.717) is 25.5 Å². The maximum atomic E-state index is 13.2. The van der Waals surface area contributed by atoms with Crippen molar-refractivity contribution in [3.63, 3.8) is 0 Å². The molecule has 5 heteroatoms. The van der Waals surface area contributed by atoms with E-state index in [9.17, 15) is 9.18 Å². The van der Waals surface area contributed by atoms with Crippen LogP contribution in [0.5, 0.6) is 0 Å². The van der Waals surface area contributed by atoms with Crippen molar-refractivity contribution in [2.45, 2.75) is 33.7 Å². The molecule has 0 saturated carbocycles. The number of carbonyl (C=O) groups is 1. The summed E-state index contributed by atoms with van der Waals surface area (Å²) in [5.41, 5.74) is -0.362. The molecule has 2 rings (SSSR count). The molecular formula is C15H22FN3O. The fraction of sp³-hybridized carbons (Fsp3) is 0.600. The molecule has 4 nitrogen and oxygen atoms in total. The largest absolute Gasteiger partial charge is 0.350 e. The fourth-order valence-electron chi connectivity index (χ4n) is 2.51. The topological polar surface area (TPSA) is 36.4 Å². The van der Waals surface area contributed by atoms with Crippen molar-refractivity contribution < 1.29 is 9.18 Å². The van der Waals surface area contributed by atoms with Gasteiger partial charge in [0.2, 0.25) is 11.9 Å². The normalized spacial score (nSPS) is 20.1. The maximum Gasteiger partial charge on any atom is 0.228 e. The van der Waals surface area contributed by atoms with Crippen LogP contribution < -0.4 is 4.90 Å². The van der Waals surface area contributed by atoms with Crippen LogP contribution >= 0.6 is 0 Å². The number of anilines is 1. The summed E-state index contributed by atoms with van der Waals surface area (Å²) in [4.78, 5) is 20.2. The zero-order valence-electron chi connectivity index (χ0n) is 12.6. The first-order valence-corrected chi connectivity index (χ1v) is 6.97. The zero-order valence-corrected chi connectivity index (χ0v) is 12.6. The minimum Gasteiger partial charge on any atom is -0.350 e. The highest BCUT2D eigenvalue weighted by atomic mass is 19.1. The Morgan fingerprint density at radius 2 is 2.05 bits per heavy atom. The quantitative estimate of drug-likeness (QED) is 0.740. The van der Waals surface area contributed by atoms with E-state index < -0.39 is 5.95 Å². The van der Waals surface area contributed by atoms with E-state index in [1.807, 2.05) is 32.6 Å². The molecule has 0 N–H and O–H groups in total. The van der Waals surface area contributed by atoms with Gasteiger partial charge in [0.1, 0.15) is 5.82 Å². The highest BCUT2D eigenvalue weighted by Gasteiger charge is 2.32. The first kappa shape index (κ1) is 14.8. The Balaban J connectivity index is 2.08. The minimum atomic E-state index is -0.470. The number of hydrogen-bond acceptors (Lipinski definition) is 3. The van der Waals surface area contributed by atoms with Gasteiger partial charge in [0.05, 0.1) is 0 Å². The van der Waals surface area contributed by atoms with Crippen molar-refractivity contribution in [2.75, 3.05) is 24.5 Å². The lowest BCUT2D eigenvalue weighted by molar-refractivity contribution is -0.140. The summed E-state index contributed by atoms with van der Waals surface area (Å²) < 4.78 is 13.2. The third-order valence-electron chi connectivity index (χ3n) is 3.55. The molecule has 110 valence electrons. The first-order chi connectivity index (χ1) is 9.29. The lowest BCUT2D eigenvalue weighted by Gasteiger charge is -2.42. The molecule has 1 saturated heterocycles. The van der Waals surface area contributed by atoms with Crippen molar-refractivity contribution in [1.29, 1.82) is 0 Å². The third-order valence-corrected chi connectivity index (χ3v) is 3.55. The molecule has 2 heterocycles. The second-order valence-electron chi connectivity index (χ2n) is 6.36. The van der Waals surface area contributed by atoms with E-state index in [1.165, 1.54) is 6.07 Å². The van der Waals surface area contributed by atoms with E-state index >= 15 is 0 Å². The zero-order chi connectivity index (χ0) is 14.9. The molecule has 1 amide bonds. The Kier molecular flexibility index (Phi) is 3.97. The lowest BCUT2D eigenvalue weighted by atomic mass is 9.94. The average Bonchev–Trinajstić information content (AvgIpc) is 2.36. The standard InChI is InChI=1S/C15H22FN3O/c1-11-10-18(14(20)15(2,3)4)8-9-19(11)13-7-5-6-12(16)17-13/h5-7,11H,8-10H2,1-4H3. The second-order valence-corrected chi connectivity index (χ2v) is 6.36. The fourth-order valence-corrected chi connectivity index (χ4v) is 2.51. The molecule has 1 unspecified atom stereocenters. The van der Waals surface area contributed by atoms with Gasteiger partial charge < -0.3 is 9.80 Å².